The minimum absolute atomic E-state index is 0.0304. The summed E-state index contributed by atoms with van der Waals surface area (Å²) in [5, 5.41) is 7.04. The Balaban J connectivity index is 1.93. The molecule has 6 heteroatoms. The van der Waals surface area contributed by atoms with Crippen molar-refractivity contribution < 1.29 is 4.79 Å². The van der Waals surface area contributed by atoms with Crippen LogP contribution in [0.15, 0.2) is 4.99 Å². The first-order chi connectivity index (χ1) is 11.9. The van der Waals surface area contributed by atoms with Gasteiger partial charge in [-0.15, -0.1) is 0 Å². The van der Waals surface area contributed by atoms with Crippen molar-refractivity contribution >= 4 is 11.9 Å². The molecular weight excluding hydrogens is 314 g/mol. The molecule has 2 aliphatic rings. The highest BCUT2D eigenvalue weighted by molar-refractivity contribution is 5.85. The summed E-state index contributed by atoms with van der Waals surface area (Å²) < 4.78 is 0. The molecule has 0 spiro atoms. The summed E-state index contributed by atoms with van der Waals surface area (Å²) >= 11 is 0. The minimum atomic E-state index is 0.0304. The van der Waals surface area contributed by atoms with Crippen molar-refractivity contribution in [3.63, 3.8) is 0 Å². The molecule has 1 amide bonds. The number of aliphatic imine (C=N–C) groups is 1. The van der Waals surface area contributed by atoms with Crippen LogP contribution in [-0.2, 0) is 4.79 Å². The average Bonchev–Trinajstić information content (AvgIpc) is 3.10. The summed E-state index contributed by atoms with van der Waals surface area (Å²) in [6, 6.07) is 0.485. The topological polar surface area (TPSA) is 60.0 Å². The molecule has 1 aliphatic carbocycles. The summed E-state index contributed by atoms with van der Waals surface area (Å²) in [5.41, 5.74) is 0.0874. The summed E-state index contributed by atoms with van der Waals surface area (Å²) in [5.74, 6) is 0.815. The van der Waals surface area contributed by atoms with E-state index in [-0.39, 0.29) is 18.0 Å². The first kappa shape index (κ1) is 20.0. The number of piperidine rings is 1. The van der Waals surface area contributed by atoms with Gasteiger partial charge in [0.1, 0.15) is 6.54 Å². The summed E-state index contributed by atoms with van der Waals surface area (Å²) in [6.07, 6.45) is 8.88. The number of amides is 1. The van der Waals surface area contributed by atoms with Gasteiger partial charge in [0.2, 0.25) is 5.91 Å². The van der Waals surface area contributed by atoms with Crippen LogP contribution in [0.2, 0.25) is 0 Å². The van der Waals surface area contributed by atoms with Crippen molar-refractivity contribution in [1.82, 2.24) is 20.4 Å². The molecule has 0 aromatic rings. The lowest BCUT2D eigenvalue weighted by Crippen LogP contribution is -2.55. The van der Waals surface area contributed by atoms with Gasteiger partial charge in [0.25, 0.3) is 0 Å². The van der Waals surface area contributed by atoms with E-state index in [0.29, 0.717) is 6.04 Å². The molecular formula is C19H37N5O. The predicted molar refractivity (Wildman–Crippen MR) is 104 cm³/mol. The molecule has 0 aromatic carbocycles. The van der Waals surface area contributed by atoms with Gasteiger partial charge in [-0.2, -0.15) is 0 Å². The molecule has 1 heterocycles. The average molecular weight is 352 g/mol. The lowest BCUT2D eigenvalue weighted by Gasteiger charge is -2.41. The third-order valence-electron chi connectivity index (χ3n) is 5.47. The van der Waals surface area contributed by atoms with E-state index < -0.39 is 0 Å². The Morgan fingerprint density at radius 3 is 2.36 bits per heavy atom. The maximum atomic E-state index is 11.9. The predicted octanol–water partition coefficient (Wildman–Crippen LogP) is 1.82. The molecule has 144 valence electrons. The zero-order valence-electron chi connectivity index (χ0n) is 16.6. The Morgan fingerprint density at radius 2 is 1.76 bits per heavy atom. The number of carbonyl (C=O) groups excluding carboxylic acids is 1. The van der Waals surface area contributed by atoms with Gasteiger partial charge < -0.3 is 15.5 Å². The normalized spacial score (nSPS) is 20.6. The fraction of sp³-hybridized carbons (Fsp3) is 0.895. The van der Waals surface area contributed by atoms with Gasteiger partial charge in [0, 0.05) is 32.2 Å². The monoisotopic (exact) mass is 351 g/mol. The number of hydrogen-bond acceptors (Lipinski definition) is 3. The largest absolute Gasteiger partial charge is 0.355 e. The zero-order chi connectivity index (χ0) is 18.3. The van der Waals surface area contributed by atoms with Gasteiger partial charge in [0.05, 0.1) is 0 Å². The second kappa shape index (κ2) is 9.41. The molecule has 2 N–H and O–H groups in total. The lowest BCUT2D eigenvalue weighted by molar-refractivity contribution is -0.127. The number of likely N-dealkylation sites (N-methyl/N-ethyl adjacent to an activating group) is 1. The van der Waals surface area contributed by atoms with Gasteiger partial charge >= 0.3 is 0 Å². The van der Waals surface area contributed by atoms with Crippen LogP contribution in [0.4, 0.5) is 0 Å². The minimum Gasteiger partial charge on any atom is -0.355 e. The number of nitrogens with one attached hydrogen (secondary N) is 2. The van der Waals surface area contributed by atoms with E-state index in [0.717, 1.165) is 12.5 Å². The highest BCUT2D eigenvalue weighted by Crippen LogP contribution is 2.20. The van der Waals surface area contributed by atoms with Crippen molar-refractivity contribution in [2.45, 2.75) is 70.4 Å². The Hall–Kier alpha value is -1.30. The van der Waals surface area contributed by atoms with Gasteiger partial charge in [-0.05, 0) is 52.6 Å². The number of nitrogens with zero attached hydrogens (tertiary/aromatic N) is 3. The molecule has 0 atom stereocenters. The van der Waals surface area contributed by atoms with Crippen LogP contribution >= 0.6 is 0 Å². The number of hydrogen-bond donors (Lipinski definition) is 2. The second-order valence-corrected chi connectivity index (χ2v) is 8.29. The quantitative estimate of drug-likeness (QED) is 0.566. The van der Waals surface area contributed by atoms with E-state index in [1.807, 2.05) is 0 Å². The summed E-state index contributed by atoms with van der Waals surface area (Å²) in [6.45, 7) is 7.97. The van der Waals surface area contributed by atoms with Crippen molar-refractivity contribution in [3.05, 3.63) is 0 Å². The molecule has 0 unspecified atom stereocenters. The van der Waals surface area contributed by atoms with Crippen molar-refractivity contribution in [2.75, 3.05) is 40.3 Å². The molecule has 25 heavy (non-hydrogen) atoms. The highest BCUT2D eigenvalue weighted by atomic mass is 16.2. The first-order valence-electron chi connectivity index (χ1n) is 9.88. The molecule has 2 fully saturated rings. The van der Waals surface area contributed by atoms with Crippen LogP contribution in [0.25, 0.3) is 0 Å². The summed E-state index contributed by atoms with van der Waals surface area (Å²) in [4.78, 5) is 20.6. The maximum Gasteiger partial charge on any atom is 0.243 e. The molecule has 0 bridgehead atoms. The number of guanidine groups is 1. The zero-order valence-corrected chi connectivity index (χ0v) is 16.6. The number of carbonyl (C=O) groups is 1. The van der Waals surface area contributed by atoms with Crippen LogP contribution in [0.5, 0.6) is 0 Å². The third kappa shape index (κ3) is 6.49. The van der Waals surface area contributed by atoms with E-state index in [9.17, 15) is 4.79 Å². The van der Waals surface area contributed by atoms with Gasteiger partial charge in [-0.1, -0.05) is 19.3 Å². The molecule has 0 radical (unpaired) electrons. The van der Waals surface area contributed by atoms with Crippen molar-refractivity contribution in [3.8, 4) is 0 Å². The Kier molecular flexibility index (Phi) is 7.54. The van der Waals surface area contributed by atoms with Gasteiger partial charge in [0.15, 0.2) is 5.96 Å². The molecule has 6 nitrogen and oxygen atoms in total. The second-order valence-electron chi connectivity index (χ2n) is 8.29. The van der Waals surface area contributed by atoms with E-state index in [2.05, 4.69) is 34.4 Å². The number of likely N-dealkylation sites (tertiary alicyclic amines) is 1. The van der Waals surface area contributed by atoms with E-state index in [4.69, 9.17) is 0 Å². The molecule has 2 rings (SSSR count). The SMILES string of the molecule is CN(C)C(=O)CN=C(NCC(C)(C)N1CCCCC1)NC1CCCC1. The molecule has 0 aromatic heterocycles. The van der Waals surface area contributed by atoms with E-state index >= 15 is 0 Å². The van der Waals surface area contributed by atoms with Crippen LogP contribution in [0, 0.1) is 0 Å². The van der Waals surface area contributed by atoms with Crippen molar-refractivity contribution in [1.29, 1.82) is 0 Å². The first-order valence-corrected chi connectivity index (χ1v) is 9.88. The standard InChI is InChI=1S/C19H37N5O/c1-19(2,24-12-8-5-9-13-24)15-21-18(20-14-17(25)23(3)4)22-16-10-6-7-11-16/h16H,5-15H2,1-4H3,(H2,20,21,22). The Morgan fingerprint density at radius 1 is 1.12 bits per heavy atom. The van der Waals surface area contributed by atoms with Crippen LogP contribution < -0.4 is 10.6 Å². The van der Waals surface area contributed by atoms with Gasteiger partial charge in [-0.3, -0.25) is 9.69 Å². The maximum absolute atomic E-state index is 11.9. The molecule has 1 saturated heterocycles. The Bertz CT molecular complexity index is 449. The lowest BCUT2D eigenvalue weighted by atomic mass is 9.98. The fourth-order valence-electron chi connectivity index (χ4n) is 3.62. The van der Waals surface area contributed by atoms with E-state index in [1.165, 1.54) is 58.0 Å². The fourth-order valence-corrected chi connectivity index (χ4v) is 3.62. The van der Waals surface area contributed by atoms with E-state index in [1.54, 1.807) is 19.0 Å². The third-order valence-corrected chi connectivity index (χ3v) is 5.47. The summed E-state index contributed by atoms with van der Waals surface area (Å²) in [7, 11) is 3.55. The van der Waals surface area contributed by atoms with Gasteiger partial charge in [-0.25, -0.2) is 4.99 Å². The van der Waals surface area contributed by atoms with Crippen LogP contribution in [0.3, 0.4) is 0 Å². The van der Waals surface area contributed by atoms with Crippen LogP contribution in [-0.4, -0.2) is 73.5 Å². The van der Waals surface area contributed by atoms with Crippen molar-refractivity contribution in [2.24, 2.45) is 4.99 Å². The molecule has 1 saturated carbocycles. The smallest absolute Gasteiger partial charge is 0.243 e. The molecule has 1 aliphatic heterocycles. The number of rotatable bonds is 6. The highest BCUT2D eigenvalue weighted by Gasteiger charge is 2.28. The van der Waals surface area contributed by atoms with Crippen LogP contribution in [0.1, 0.15) is 58.8 Å². The Labute approximate surface area is 153 Å².